The van der Waals surface area contributed by atoms with Crippen LogP contribution in [-0.4, -0.2) is 36.6 Å². The Bertz CT molecular complexity index is 980. The molecular formula is C21H20ClF3O7. The lowest BCUT2D eigenvalue weighted by Crippen LogP contribution is -2.44. The number of carbonyl (C=O) groups is 1. The van der Waals surface area contributed by atoms with Crippen LogP contribution in [0.5, 0.6) is 23.0 Å². The average Bonchev–Trinajstić information content (AvgIpc) is 3.03. The lowest BCUT2D eigenvalue weighted by atomic mass is 9.97. The highest BCUT2D eigenvalue weighted by molar-refractivity contribution is 6.32. The number of halogens is 4. The summed E-state index contributed by atoms with van der Waals surface area (Å²) < 4.78 is 62.4. The van der Waals surface area contributed by atoms with Crippen LogP contribution in [0.25, 0.3) is 0 Å². The third-order valence-electron chi connectivity index (χ3n) is 4.64. The second-order valence-corrected chi connectivity index (χ2v) is 7.63. The monoisotopic (exact) mass is 476 g/mol. The number of hydrogen-bond acceptors (Lipinski definition) is 6. The van der Waals surface area contributed by atoms with E-state index in [9.17, 15) is 18.0 Å². The van der Waals surface area contributed by atoms with Gasteiger partial charge in [0.1, 0.15) is 36.2 Å². The Balaban J connectivity index is 1.54. The van der Waals surface area contributed by atoms with E-state index in [1.807, 2.05) is 0 Å². The molecule has 0 aromatic heterocycles. The Morgan fingerprint density at radius 1 is 1.16 bits per heavy atom. The second kappa shape index (κ2) is 9.23. The maximum atomic E-state index is 12.2. The second-order valence-electron chi connectivity index (χ2n) is 7.22. The van der Waals surface area contributed by atoms with Crippen LogP contribution in [0.1, 0.15) is 19.4 Å². The van der Waals surface area contributed by atoms with E-state index in [1.165, 1.54) is 6.07 Å². The first-order valence-corrected chi connectivity index (χ1v) is 9.90. The molecule has 0 spiro atoms. The number of hydrogen-bond donors (Lipinski definition) is 1. The molecule has 11 heteroatoms. The number of ether oxygens (including phenoxy) is 5. The highest BCUT2D eigenvalue weighted by Crippen LogP contribution is 2.41. The van der Waals surface area contributed by atoms with Crippen LogP contribution < -0.4 is 18.9 Å². The van der Waals surface area contributed by atoms with E-state index in [2.05, 4.69) is 4.74 Å². The molecule has 0 saturated heterocycles. The zero-order valence-electron chi connectivity index (χ0n) is 17.1. The predicted molar refractivity (Wildman–Crippen MR) is 107 cm³/mol. The largest absolute Gasteiger partial charge is 0.573 e. The number of benzene rings is 2. The van der Waals surface area contributed by atoms with E-state index < -0.39 is 24.1 Å². The van der Waals surface area contributed by atoms with Crippen molar-refractivity contribution in [1.82, 2.24) is 0 Å². The summed E-state index contributed by atoms with van der Waals surface area (Å²) in [6, 6.07) is 8.41. The van der Waals surface area contributed by atoms with E-state index in [0.717, 1.165) is 17.7 Å². The third kappa shape index (κ3) is 5.82. The topological polar surface area (TPSA) is 83.5 Å². The summed E-state index contributed by atoms with van der Waals surface area (Å²) in [5.74, 6) is -0.770. The van der Waals surface area contributed by atoms with Gasteiger partial charge >= 0.3 is 12.5 Å². The van der Waals surface area contributed by atoms with Gasteiger partial charge in [0.2, 0.25) is 0 Å². The molecule has 3 rings (SSSR count). The molecular weight excluding hydrogens is 457 g/mol. The van der Waals surface area contributed by atoms with Crippen molar-refractivity contribution >= 4 is 17.8 Å². The summed E-state index contributed by atoms with van der Waals surface area (Å²) in [4.78, 5) is 11.1. The molecule has 0 fully saturated rings. The predicted octanol–water partition coefficient (Wildman–Crippen LogP) is 5.68. The zero-order valence-corrected chi connectivity index (χ0v) is 17.8. The van der Waals surface area contributed by atoms with Gasteiger partial charge in [0.15, 0.2) is 0 Å². The molecule has 32 heavy (non-hydrogen) atoms. The lowest BCUT2D eigenvalue weighted by molar-refractivity contribution is -0.274. The first kappa shape index (κ1) is 23.6. The molecule has 1 heterocycles. The summed E-state index contributed by atoms with van der Waals surface area (Å²) >= 11 is 5.93. The summed E-state index contributed by atoms with van der Waals surface area (Å²) in [5, 5.41) is 9.00. The Morgan fingerprint density at radius 3 is 2.47 bits per heavy atom. The van der Waals surface area contributed by atoms with Crippen LogP contribution >= 0.6 is 11.6 Å². The minimum atomic E-state index is -4.81. The Kier molecular flexibility index (Phi) is 6.82. The highest BCUT2D eigenvalue weighted by atomic mass is 35.5. The Morgan fingerprint density at radius 2 is 1.84 bits per heavy atom. The summed E-state index contributed by atoms with van der Waals surface area (Å²) in [7, 11) is 0. The van der Waals surface area contributed by atoms with Crippen molar-refractivity contribution in [3.63, 3.8) is 0 Å². The summed E-state index contributed by atoms with van der Waals surface area (Å²) in [5.41, 5.74) is 0.738. The summed E-state index contributed by atoms with van der Waals surface area (Å²) in [6.45, 7) is 3.80. The first-order valence-electron chi connectivity index (χ1n) is 9.52. The minimum absolute atomic E-state index is 0.0371. The van der Waals surface area contributed by atoms with Crippen LogP contribution in [0.4, 0.5) is 18.0 Å². The van der Waals surface area contributed by atoms with Crippen LogP contribution in [0.15, 0.2) is 36.4 Å². The van der Waals surface area contributed by atoms with Gasteiger partial charge < -0.3 is 28.8 Å². The van der Waals surface area contributed by atoms with E-state index in [0.29, 0.717) is 11.5 Å². The minimum Gasteiger partial charge on any atom is -0.490 e. The maximum absolute atomic E-state index is 12.2. The van der Waals surface area contributed by atoms with Crippen molar-refractivity contribution in [2.24, 2.45) is 5.92 Å². The van der Waals surface area contributed by atoms with Crippen LogP contribution in [0, 0.1) is 5.92 Å². The molecule has 1 aliphatic heterocycles. The number of carboxylic acid groups (broad SMARTS) is 1. The molecule has 0 unspecified atom stereocenters. The van der Waals surface area contributed by atoms with Gasteiger partial charge in [-0.25, -0.2) is 4.79 Å². The molecule has 0 aliphatic carbocycles. The van der Waals surface area contributed by atoms with Crippen LogP contribution in [0.2, 0.25) is 5.02 Å². The average molecular weight is 477 g/mol. The Hall–Kier alpha value is -3.01. The first-order chi connectivity index (χ1) is 15.0. The molecule has 7 nitrogen and oxygen atoms in total. The fourth-order valence-corrected chi connectivity index (χ4v) is 3.35. The van der Waals surface area contributed by atoms with Crippen LogP contribution in [-0.2, 0) is 11.2 Å². The van der Waals surface area contributed by atoms with Gasteiger partial charge in [-0.15, -0.1) is 13.2 Å². The van der Waals surface area contributed by atoms with Crippen molar-refractivity contribution in [2.75, 3.05) is 13.2 Å². The van der Waals surface area contributed by atoms with E-state index in [4.69, 9.17) is 35.7 Å². The van der Waals surface area contributed by atoms with Gasteiger partial charge in [-0.05, 0) is 30.3 Å². The van der Waals surface area contributed by atoms with E-state index in [1.54, 1.807) is 32.0 Å². The molecule has 0 bridgehead atoms. The fraction of sp³-hybridized carbons (Fsp3) is 0.381. The van der Waals surface area contributed by atoms with Crippen molar-refractivity contribution in [3.8, 4) is 23.0 Å². The molecule has 1 N–H and O–H groups in total. The normalized spacial score (nSPS) is 17.5. The molecule has 1 atom stereocenters. The molecule has 174 valence electrons. The molecule has 0 saturated carbocycles. The quantitative estimate of drug-likeness (QED) is 0.387. The van der Waals surface area contributed by atoms with Gasteiger partial charge in [-0.2, -0.15) is 0 Å². The van der Waals surface area contributed by atoms with Crippen LogP contribution in [0.3, 0.4) is 0 Å². The van der Waals surface area contributed by atoms with Gasteiger partial charge in [0.25, 0.3) is 5.79 Å². The zero-order chi connectivity index (χ0) is 23.5. The molecule has 1 aliphatic rings. The fourth-order valence-electron chi connectivity index (χ4n) is 3.12. The van der Waals surface area contributed by atoms with Crippen molar-refractivity contribution < 1.29 is 46.8 Å². The molecule has 2 aromatic carbocycles. The van der Waals surface area contributed by atoms with Crippen molar-refractivity contribution in [2.45, 2.75) is 32.4 Å². The van der Waals surface area contributed by atoms with Crippen molar-refractivity contribution in [1.29, 1.82) is 0 Å². The number of rotatable bonds is 8. The standard InChI is InChI=1S/C21H20ClF3O7/c1-12(2)20(32-19(26)27)11-13-9-14(3-5-17(13)31-20)28-7-8-29-18-6-4-15(10-16(18)22)30-21(23,24)25/h3-6,9-10,12H,7-8,11H2,1-2H3,(H,26,27)/t20-/m1/s1. The summed E-state index contributed by atoms with van der Waals surface area (Å²) in [6.07, 6.45) is -5.99. The van der Waals surface area contributed by atoms with E-state index in [-0.39, 0.29) is 36.3 Å². The smallest absolute Gasteiger partial charge is 0.490 e. The molecule has 0 amide bonds. The number of alkyl halides is 3. The van der Waals surface area contributed by atoms with Crippen molar-refractivity contribution in [3.05, 3.63) is 47.0 Å². The highest BCUT2D eigenvalue weighted by Gasteiger charge is 2.46. The SMILES string of the molecule is CC(C)[C@]1(OC(=O)O)Cc2cc(OCCOc3ccc(OC(F)(F)F)cc3Cl)ccc2O1. The third-order valence-corrected chi connectivity index (χ3v) is 4.93. The lowest BCUT2D eigenvalue weighted by Gasteiger charge is -2.30. The van der Waals surface area contributed by atoms with Gasteiger partial charge in [-0.3, -0.25) is 0 Å². The molecule has 2 aromatic rings. The number of fused-ring (bicyclic) bond motifs is 1. The van der Waals surface area contributed by atoms with E-state index >= 15 is 0 Å². The maximum Gasteiger partial charge on any atom is 0.573 e. The van der Waals surface area contributed by atoms with Gasteiger partial charge in [0, 0.05) is 17.5 Å². The van der Waals surface area contributed by atoms with Gasteiger partial charge in [0.05, 0.1) is 11.4 Å². The molecule has 0 radical (unpaired) electrons. The Labute approximate surface area is 186 Å². The van der Waals surface area contributed by atoms with Gasteiger partial charge in [-0.1, -0.05) is 25.4 Å².